The van der Waals surface area contributed by atoms with E-state index in [4.69, 9.17) is 4.74 Å². The largest absolute Gasteiger partial charge is 0.396 e. The molecule has 19 heavy (non-hydrogen) atoms. The van der Waals surface area contributed by atoms with Crippen LogP contribution in [-0.4, -0.2) is 49.3 Å². The first kappa shape index (κ1) is 14.4. The molecule has 2 rings (SSSR count). The molecule has 0 radical (unpaired) electrons. The van der Waals surface area contributed by atoms with Gasteiger partial charge in [-0.3, -0.25) is 4.90 Å². The van der Waals surface area contributed by atoms with Crippen molar-refractivity contribution in [3.63, 3.8) is 0 Å². The molecule has 0 unspecified atom stereocenters. The molecule has 0 atom stereocenters. The summed E-state index contributed by atoms with van der Waals surface area (Å²) < 4.78 is 30.4. The monoisotopic (exact) mass is 271 g/mol. The molecule has 0 aromatic heterocycles. The fraction of sp³-hybridized carbons (Fsp3) is 0.571. The van der Waals surface area contributed by atoms with Crippen molar-refractivity contribution in [2.75, 3.05) is 32.9 Å². The van der Waals surface area contributed by atoms with Crippen LogP contribution in [0.1, 0.15) is 5.56 Å². The molecular formula is C14H19F2NO2. The Hall–Kier alpha value is -1.04. The zero-order valence-corrected chi connectivity index (χ0v) is 10.8. The average molecular weight is 271 g/mol. The maximum Gasteiger partial charge on any atom is 0.251 e. The van der Waals surface area contributed by atoms with Crippen LogP contribution in [0.15, 0.2) is 30.3 Å². The summed E-state index contributed by atoms with van der Waals surface area (Å²) in [6.07, 6.45) is -2.37. The Balaban J connectivity index is 1.99. The number of halogens is 2. The molecule has 0 amide bonds. The van der Waals surface area contributed by atoms with E-state index in [9.17, 15) is 13.9 Å². The third-order valence-electron chi connectivity index (χ3n) is 3.36. The minimum absolute atomic E-state index is 0.0263. The fourth-order valence-corrected chi connectivity index (χ4v) is 2.32. The number of hydrogen-bond donors (Lipinski definition) is 1. The molecule has 0 bridgehead atoms. The van der Waals surface area contributed by atoms with Crippen LogP contribution < -0.4 is 0 Å². The number of aliphatic hydroxyl groups is 1. The number of ether oxygens (including phenoxy) is 1. The Kier molecular flexibility index (Phi) is 4.85. The molecule has 5 heteroatoms. The Morgan fingerprint density at radius 1 is 1.26 bits per heavy atom. The maximum absolute atomic E-state index is 12.7. The highest BCUT2D eigenvalue weighted by Crippen LogP contribution is 2.28. The van der Waals surface area contributed by atoms with E-state index in [1.165, 1.54) is 0 Å². The van der Waals surface area contributed by atoms with Gasteiger partial charge < -0.3 is 9.84 Å². The average Bonchev–Trinajstić information content (AvgIpc) is 2.34. The SMILES string of the molecule is OCC1(CN(Cc2ccccc2)CC(F)F)COC1. The van der Waals surface area contributed by atoms with Gasteiger partial charge >= 0.3 is 0 Å². The van der Waals surface area contributed by atoms with Crippen LogP contribution in [-0.2, 0) is 11.3 Å². The van der Waals surface area contributed by atoms with Gasteiger partial charge in [0.2, 0.25) is 0 Å². The molecule has 1 aliphatic heterocycles. The van der Waals surface area contributed by atoms with E-state index < -0.39 is 6.43 Å². The summed E-state index contributed by atoms with van der Waals surface area (Å²) in [5.74, 6) is 0. The molecule has 0 spiro atoms. The minimum Gasteiger partial charge on any atom is -0.396 e. The molecule has 1 heterocycles. The lowest BCUT2D eigenvalue weighted by Gasteiger charge is -2.43. The number of aliphatic hydroxyl groups excluding tert-OH is 1. The Labute approximate surface area is 111 Å². The highest BCUT2D eigenvalue weighted by atomic mass is 19.3. The molecule has 0 aliphatic carbocycles. The van der Waals surface area contributed by atoms with E-state index in [-0.39, 0.29) is 18.6 Å². The molecule has 1 fully saturated rings. The lowest BCUT2D eigenvalue weighted by Crippen LogP contribution is -2.53. The van der Waals surface area contributed by atoms with Gasteiger partial charge in [-0.15, -0.1) is 0 Å². The number of nitrogens with zero attached hydrogens (tertiary/aromatic N) is 1. The Morgan fingerprint density at radius 3 is 2.42 bits per heavy atom. The second kappa shape index (κ2) is 6.41. The number of hydrogen-bond acceptors (Lipinski definition) is 3. The smallest absolute Gasteiger partial charge is 0.251 e. The molecule has 1 saturated heterocycles. The van der Waals surface area contributed by atoms with Gasteiger partial charge in [-0.1, -0.05) is 30.3 Å². The summed E-state index contributed by atoms with van der Waals surface area (Å²) in [7, 11) is 0. The van der Waals surface area contributed by atoms with Gasteiger partial charge in [0.1, 0.15) is 0 Å². The van der Waals surface area contributed by atoms with Gasteiger partial charge in [0.15, 0.2) is 0 Å². The van der Waals surface area contributed by atoms with Crippen LogP contribution in [0, 0.1) is 5.41 Å². The fourth-order valence-electron chi connectivity index (χ4n) is 2.32. The van der Waals surface area contributed by atoms with E-state index in [1.807, 2.05) is 30.3 Å². The van der Waals surface area contributed by atoms with Gasteiger partial charge in [-0.25, -0.2) is 8.78 Å². The topological polar surface area (TPSA) is 32.7 Å². The number of benzene rings is 1. The van der Waals surface area contributed by atoms with Crippen LogP contribution >= 0.6 is 0 Å². The van der Waals surface area contributed by atoms with E-state index >= 15 is 0 Å². The molecular weight excluding hydrogens is 252 g/mol. The van der Waals surface area contributed by atoms with Crippen LogP contribution in [0.5, 0.6) is 0 Å². The van der Waals surface area contributed by atoms with Crippen molar-refractivity contribution in [2.45, 2.75) is 13.0 Å². The molecule has 1 aromatic rings. The quantitative estimate of drug-likeness (QED) is 0.820. The summed E-state index contributed by atoms with van der Waals surface area (Å²) in [6, 6.07) is 9.52. The lowest BCUT2D eigenvalue weighted by molar-refractivity contribution is -0.151. The van der Waals surface area contributed by atoms with Gasteiger partial charge in [0, 0.05) is 13.1 Å². The highest BCUT2D eigenvalue weighted by molar-refractivity contribution is 5.14. The second-order valence-corrected chi connectivity index (χ2v) is 5.20. The molecule has 1 aliphatic rings. The van der Waals surface area contributed by atoms with Crippen LogP contribution in [0.2, 0.25) is 0 Å². The van der Waals surface area contributed by atoms with E-state index in [0.29, 0.717) is 26.3 Å². The van der Waals surface area contributed by atoms with Crippen molar-refractivity contribution in [1.29, 1.82) is 0 Å². The van der Waals surface area contributed by atoms with Gasteiger partial charge in [0.25, 0.3) is 6.43 Å². The zero-order chi connectivity index (χ0) is 13.7. The number of alkyl halides is 2. The van der Waals surface area contributed by atoms with Crippen molar-refractivity contribution in [1.82, 2.24) is 4.90 Å². The molecule has 0 saturated carbocycles. The Bertz CT molecular complexity index is 377. The van der Waals surface area contributed by atoms with Crippen molar-refractivity contribution >= 4 is 0 Å². The molecule has 106 valence electrons. The summed E-state index contributed by atoms with van der Waals surface area (Å²) in [4.78, 5) is 1.69. The van der Waals surface area contributed by atoms with Crippen molar-refractivity contribution in [3.05, 3.63) is 35.9 Å². The van der Waals surface area contributed by atoms with Crippen LogP contribution in [0.4, 0.5) is 8.78 Å². The molecule has 1 N–H and O–H groups in total. The number of rotatable bonds is 7. The first-order valence-corrected chi connectivity index (χ1v) is 6.37. The summed E-state index contributed by atoms with van der Waals surface area (Å²) in [6.45, 7) is 1.48. The molecule has 1 aromatic carbocycles. The first-order chi connectivity index (χ1) is 9.13. The Morgan fingerprint density at radius 2 is 1.95 bits per heavy atom. The minimum atomic E-state index is -2.37. The summed E-state index contributed by atoms with van der Waals surface area (Å²) >= 11 is 0. The normalized spacial score (nSPS) is 17.7. The predicted molar refractivity (Wildman–Crippen MR) is 68.1 cm³/mol. The van der Waals surface area contributed by atoms with Crippen LogP contribution in [0.3, 0.4) is 0 Å². The van der Waals surface area contributed by atoms with Gasteiger partial charge in [-0.05, 0) is 5.56 Å². The third kappa shape index (κ3) is 3.96. The van der Waals surface area contributed by atoms with E-state index in [1.54, 1.807) is 4.90 Å². The zero-order valence-electron chi connectivity index (χ0n) is 10.8. The van der Waals surface area contributed by atoms with Crippen molar-refractivity contribution in [3.8, 4) is 0 Å². The third-order valence-corrected chi connectivity index (χ3v) is 3.36. The lowest BCUT2D eigenvalue weighted by atomic mass is 9.86. The maximum atomic E-state index is 12.7. The predicted octanol–water partition coefficient (Wildman–Crippen LogP) is 1.76. The van der Waals surface area contributed by atoms with E-state index in [0.717, 1.165) is 5.56 Å². The van der Waals surface area contributed by atoms with Crippen LogP contribution in [0.25, 0.3) is 0 Å². The van der Waals surface area contributed by atoms with Gasteiger partial charge in [-0.2, -0.15) is 0 Å². The highest BCUT2D eigenvalue weighted by Gasteiger charge is 2.39. The summed E-state index contributed by atoms with van der Waals surface area (Å²) in [5.41, 5.74) is 0.625. The van der Waals surface area contributed by atoms with Crippen molar-refractivity contribution < 1.29 is 18.6 Å². The molecule has 3 nitrogen and oxygen atoms in total. The second-order valence-electron chi connectivity index (χ2n) is 5.20. The van der Waals surface area contributed by atoms with Gasteiger partial charge in [0.05, 0.1) is 31.8 Å². The first-order valence-electron chi connectivity index (χ1n) is 6.37. The summed E-state index contributed by atoms with van der Waals surface area (Å²) in [5, 5.41) is 9.39. The van der Waals surface area contributed by atoms with E-state index in [2.05, 4.69) is 0 Å². The standard InChI is InChI=1S/C14H19F2NO2/c15-13(16)7-17(6-12-4-2-1-3-5-12)8-14(9-18)10-19-11-14/h1-5,13,18H,6-11H2. The van der Waals surface area contributed by atoms with Crippen molar-refractivity contribution in [2.24, 2.45) is 5.41 Å².